The minimum Gasteiger partial charge on any atom is -0.444 e. The van der Waals surface area contributed by atoms with Gasteiger partial charge in [-0.3, -0.25) is 4.90 Å². The first-order chi connectivity index (χ1) is 10.7. The number of ether oxygens (including phenoxy) is 1. The maximum Gasteiger partial charge on any atom is 0.410 e. The van der Waals surface area contributed by atoms with Crippen molar-refractivity contribution in [2.75, 3.05) is 26.2 Å². The molecule has 1 aliphatic rings. The summed E-state index contributed by atoms with van der Waals surface area (Å²) in [7, 11) is 0. The van der Waals surface area contributed by atoms with Crippen LogP contribution in [0.5, 0.6) is 0 Å². The summed E-state index contributed by atoms with van der Waals surface area (Å²) >= 11 is 1.77. The molecule has 2 heterocycles. The van der Waals surface area contributed by atoms with Gasteiger partial charge in [0.05, 0.1) is 6.04 Å². The quantitative estimate of drug-likeness (QED) is 0.920. The van der Waals surface area contributed by atoms with Gasteiger partial charge in [-0.25, -0.2) is 4.79 Å². The Kier molecular flexibility index (Phi) is 5.70. The van der Waals surface area contributed by atoms with E-state index in [0.717, 1.165) is 13.1 Å². The van der Waals surface area contributed by atoms with E-state index in [1.54, 1.807) is 16.2 Å². The van der Waals surface area contributed by atoms with E-state index in [1.807, 2.05) is 20.8 Å². The highest BCUT2D eigenvalue weighted by Gasteiger charge is 2.32. The lowest BCUT2D eigenvalue weighted by Gasteiger charge is -2.40. The topological polar surface area (TPSA) is 58.8 Å². The SMILES string of the molecule is Cc1ccsc1C(C(C)N)N1CCN(C(=O)OC(C)(C)C)CC1. The van der Waals surface area contributed by atoms with Crippen LogP contribution in [0.15, 0.2) is 11.4 Å². The van der Waals surface area contributed by atoms with E-state index in [2.05, 4.69) is 30.2 Å². The van der Waals surface area contributed by atoms with Gasteiger partial charge in [-0.05, 0) is 51.6 Å². The highest BCUT2D eigenvalue weighted by atomic mass is 32.1. The van der Waals surface area contributed by atoms with Crippen LogP contribution in [0.4, 0.5) is 4.79 Å². The van der Waals surface area contributed by atoms with E-state index >= 15 is 0 Å². The standard InChI is InChI=1S/C17H29N3O2S/c1-12-6-11-23-15(12)14(13(2)18)19-7-9-20(10-8-19)16(21)22-17(3,4)5/h6,11,13-14H,7-10,18H2,1-5H3. The van der Waals surface area contributed by atoms with Crippen LogP contribution in [0.2, 0.25) is 0 Å². The van der Waals surface area contributed by atoms with Crippen molar-refractivity contribution >= 4 is 17.4 Å². The van der Waals surface area contributed by atoms with E-state index in [4.69, 9.17) is 10.5 Å². The van der Waals surface area contributed by atoms with Gasteiger partial charge in [0.1, 0.15) is 5.60 Å². The molecule has 1 amide bonds. The molecule has 2 N–H and O–H groups in total. The van der Waals surface area contributed by atoms with E-state index in [1.165, 1.54) is 10.4 Å². The summed E-state index contributed by atoms with van der Waals surface area (Å²) in [5.74, 6) is 0. The molecule has 2 unspecified atom stereocenters. The zero-order valence-electron chi connectivity index (χ0n) is 14.8. The van der Waals surface area contributed by atoms with E-state index in [0.29, 0.717) is 13.1 Å². The largest absolute Gasteiger partial charge is 0.444 e. The zero-order valence-corrected chi connectivity index (χ0v) is 15.7. The Balaban J connectivity index is 2.00. The first-order valence-electron chi connectivity index (χ1n) is 8.20. The lowest BCUT2D eigenvalue weighted by Crippen LogP contribution is -2.53. The predicted molar refractivity (Wildman–Crippen MR) is 94.8 cm³/mol. The molecule has 0 aromatic carbocycles. The van der Waals surface area contributed by atoms with Crippen LogP contribution in [-0.4, -0.2) is 53.7 Å². The van der Waals surface area contributed by atoms with Gasteiger partial charge < -0.3 is 15.4 Å². The summed E-state index contributed by atoms with van der Waals surface area (Å²) in [5, 5.41) is 2.12. The second-order valence-electron chi connectivity index (χ2n) is 7.28. The number of carbonyl (C=O) groups is 1. The summed E-state index contributed by atoms with van der Waals surface area (Å²) in [6.45, 7) is 12.9. The van der Waals surface area contributed by atoms with Crippen LogP contribution in [-0.2, 0) is 4.74 Å². The molecule has 0 radical (unpaired) electrons. The second kappa shape index (κ2) is 7.20. The second-order valence-corrected chi connectivity index (χ2v) is 8.22. The fourth-order valence-electron chi connectivity index (χ4n) is 2.93. The van der Waals surface area contributed by atoms with Gasteiger partial charge in [-0.1, -0.05) is 0 Å². The number of nitrogens with two attached hydrogens (primary N) is 1. The first-order valence-corrected chi connectivity index (χ1v) is 9.08. The molecule has 1 fully saturated rings. The third-order valence-electron chi connectivity index (χ3n) is 4.03. The summed E-state index contributed by atoms with van der Waals surface area (Å²) in [6.07, 6.45) is -0.221. The van der Waals surface area contributed by atoms with Crippen molar-refractivity contribution in [2.45, 2.75) is 52.3 Å². The number of aryl methyl sites for hydroxylation is 1. The smallest absolute Gasteiger partial charge is 0.410 e. The van der Waals surface area contributed by atoms with Gasteiger partial charge in [0.15, 0.2) is 0 Å². The molecule has 1 aliphatic heterocycles. The molecular formula is C17H29N3O2S. The van der Waals surface area contributed by atoms with Crippen LogP contribution < -0.4 is 5.73 Å². The molecule has 2 atom stereocenters. The number of amides is 1. The molecule has 5 nitrogen and oxygen atoms in total. The number of hydrogen-bond donors (Lipinski definition) is 1. The van der Waals surface area contributed by atoms with Crippen LogP contribution in [0.3, 0.4) is 0 Å². The molecule has 1 aromatic heterocycles. The molecule has 0 saturated carbocycles. The lowest BCUT2D eigenvalue weighted by molar-refractivity contribution is 0.00930. The summed E-state index contributed by atoms with van der Waals surface area (Å²) in [6, 6.07) is 2.42. The van der Waals surface area contributed by atoms with Crippen LogP contribution in [0.25, 0.3) is 0 Å². The number of rotatable bonds is 3. The summed E-state index contributed by atoms with van der Waals surface area (Å²) in [5.41, 5.74) is 7.12. The molecule has 0 spiro atoms. The van der Waals surface area contributed by atoms with Gasteiger partial charge in [0, 0.05) is 37.1 Å². The van der Waals surface area contributed by atoms with Gasteiger partial charge in [0.25, 0.3) is 0 Å². The highest BCUT2D eigenvalue weighted by molar-refractivity contribution is 7.10. The third kappa shape index (κ3) is 4.68. The molecule has 0 aliphatic carbocycles. The first kappa shape index (κ1) is 18.2. The van der Waals surface area contributed by atoms with Gasteiger partial charge in [-0.15, -0.1) is 11.3 Å². The van der Waals surface area contributed by atoms with Gasteiger partial charge >= 0.3 is 6.09 Å². The number of piperazine rings is 1. The highest BCUT2D eigenvalue weighted by Crippen LogP contribution is 2.31. The van der Waals surface area contributed by atoms with Crippen molar-refractivity contribution in [3.05, 3.63) is 21.9 Å². The fraction of sp³-hybridized carbons (Fsp3) is 0.706. The average Bonchev–Trinajstić information content (AvgIpc) is 2.84. The molecule has 2 rings (SSSR count). The Morgan fingerprint density at radius 2 is 1.91 bits per heavy atom. The maximum atomic E-state index is 12.2. The average molecular weight is 340 g/mol. The fourth-order valence-corrected chi connectivity index (χ4v) is 4.11. The Bertz CT molecular complexity index is 528. The Morgan fingerprint density at radius 3 is 2.35 bits per heavy atom. The summed E-state index contributed by atoms with van der Waals surface area (Å²) < 4.78 is 5.46. The Labute approximate surface area is 143 Å². The number of thiophene rings is 1. The molecular weight excluding hydrogens is 310 g/mol. The van der Waals surface area contributed by atoms with E-state index in [-0.39, 0.29) is 18.2 Å². The number of hydrogen-bond acceptors (Lipinski definition) is 5. The number of nitrogens with zero attached hydrogens (tertiary/aromatic N) is 2. The lowest BCUT2D eigenvalue weighted by atomic mass is 10.0. The zero-order chi connectivity index (χ0) is 17.2. The monoisotopic (exact) mass is 339 g/mol. The van der Waals surface area contributed by atoms with Crippen LogP contribution in [0, 0.1) is 6.92 Å². The van der Waals surface area contributed by atoms with Crippen molar-refractivity contribution in [1.29, 1.82) is 0 Å². The van der Waals surface area contributed by atoms with Crippen LogP contribution in [0.1, 0.15) is 44.2 Å². The summed E-state index contributed by atoms with van der Waals surface area (Å²) in [4.78, 5) is 17.7. The maximum absolute atomic E-state index is 12.2. The van der Waals surface area contributed by atoms with Crippen molar-refractivity contribution < 1.29 is 9.53 Å². The Hall–Kier alpha value is -1.11. The van der Waals surface area contributed by atoms with Gasteiger partial charge in [-0.2, -0.15) is 0 Å². The van der Waals surface area contributed by atoms with E-state index < -0.39 is 5.60 Å². The minimum absolute atomic E-state index is 0.0560. The van der Waals surface area contributed by atoms with Crippen molar-refractivity contribution in [1.82, 2.24) is 9.80 Å². The molecule has 1 aromatic rings. The number of carbonyl (C=O) groups excluding carboxylic acids is 1. The molecule has 23 heavy (non-hydrogen) atoms. The van der Waals surface area contributed by atoms with E-state index in [9.17, 15) is 4.79 Å². The van der Waals surface area contributed by atoms with Crippen LogP contribution >= 0.6 is 11.3 Å². The Morgan fingerprint density at radius 1 is 1.30 bits per heavy atom. The van der Waals surface area contributed by atoms with Crippen molar-refractivity contribution in [3.8, 4) is 0 Å². The normalized spacial score (nSPS) is 19.5. The van der Waals surface area contributed by atoms with Gasteiger partial charge in [0.2, 0.25) is 0 Å². The third-order valence-corrected chi connectivity index (χ3v) is 5.12. The molecule has 130 valence electrons. The molecule has 6 heteroatoms. The predicted octanol–water partition coefficient (Wildman–Crippen LogP) is 3.00. The minimum atomic E-state index is -0.448. The molecule has 1 saturated heterocycles. The molecule has 0 bridgehead atoms. The van der Waals surface area contributed by atoms with Crippen molar-refractivity contribution in [2.24, 2.45) is 5.73 Å². The van der Waals surface area contributed by atoms with Crippen molar-refractivity contribution in [3.63, 3.8) is 0 Å².